The van der Waals surface area contributed by atoms with Crippen LogP contribution in [0.15, 0.2) is 73.5 Å². The molecule has 196 valence electrons. The first-order valence-electron chi connectivity index (χ1n) is 13.1. The van der Waals surface area contributed by atoms with E-state index in [9.17, 15) is 8.78 Å². The maximum absolute atomic E-state index is 14.6. The number of allylic oxidation sites excluding steroid dienone is 1. The number of benzene rings is 2. The molecule has 0 fully saturated rings. The number of halogens is 2. The highest BCUT2D eigenvalue weighted by atomic mass is 19.2. The van der Waals surface area contributed by atoms with Crippen LogP contribution in [0.2, 0.25) is 0 Å². The summed E-state index contributed by atoms with van der Waals surface area (Å²) >= 11 is 0. The molecular weight excluding hydrogens is 468 g/mol. The maximum atomic E-state index is 14.6. The number of nitrogens with zero attached hydrogens (tertiary/aromatic N) is 1. The SMILES string of the molecule is C=CCOc1ccc(-c2ccc(-c3ccc(/C=C/CCCC(C)OCCCCC)cc3)cn2)c(F)c1F. The summed E-state index contributed by atoms with van der Waals surface area (Å²) in [6, 6.07) is 14.6. The summed E-state index contributed by atoms with van der Waals surface area (Å²) in [6.07, 6.45) is 14.6. The number of rotatable bonds is 15. The van der Waals surface area contributed by atoms with Gasteiger partial charge in [0, 0.05) is 23.9 Å². The Morgan fingerprint density at radius 1 is 0.946 bits per heavy atom. The van der Waals surface area contributed by atoms with Crippen LogP contribution in [0, 0.1) is 11.6 Å². The number of hydrogen-bond donors (Lipinski definition) is 0. The average molecular weight is 506 g/mol. The second-order valence-electron chi connectivity index (χ2n) is 9.11. The molecule has 3 nitrogen and oxygen atoms in total. The summed E-state index contributed by atoms with van der Waals surface area (Å²) < 4.78 is 39.9. The largest absolute Gasteiger partial charge is 0.486 e. The predicted molar refractivity (Wildman–Crippen MR) is 149 cm³/mol. The van der Waals surface area contributed by atoms with Crippen LogP contribution >= 0.6 is 0 Å². The minimum absolute atomic E-state index is 0.0907. The Labute approximate surface area is 219 Å². The van der Waals surface area contributed by atoms with Gasteiger partial charge in [-0.2, -0.15) is 4.39 Å². The molecule has 1 heterocycles. The molecule has 37 heavy (non-hydrogen) atoms. The molecule has 2 aromatic carbocycles. The zero-order valence-electron chi connectivity index (χ0n) is 21.9. The molecule has 3 aromatic rings. The molecule has 0 bridgehead atoms. The zero-order chi connectivity index (χ0) is 26.5. The van der Waals surface area contributed by atoms with E-state index in [4.69, 9.17) is 9.47 Å². The van der Waals surface area contributed by atoms with Crippen LogP contribution in [0.3, 0.4) is 0 Å². The molecule has 0 aliphatic heterocycles. The molecule has 0 saturated heterocycles. The van der Waals surface area contributed by atoms with Crippen molar-refractivity contribution in [2.75, 3.05) is 13.2 Å². The van der Waals surface area contributed by atoms with Crippen LogP contribution in [0.1, 0.15) is 57.9 Å². The fraction of sp³-hybridized carbons (Fsp3) is 0.344. The highest BCUT2D eigenvalue weighted by Gasteiger charge is 2.16. The first-order chi connectivity index (χ1) is 18.0. The van der Waals surface area contributed by atoms with Crippen LogP contribution in [0.4, 0.5) is 8.78 Å². The third-order valence-corrected chi connectivity index (χ3v) is 6.13. The number of unbranched alkanes of at least 4 members (excludes halogenated alkanes) is 3. The van der Waals surface area contributed by atoms with Gasteiger partial charge in [-0.05, 0) is 61.9 Å². The van der Waals surface area contributed by atoms with Crippen molar-refractivity contribution in [1.29, 1.82) is 0 Å². The van der Waals surface area contributed by atoms with Gasteiger partial charge in [0.15, 0.2) is 11.6 Å². The van der Waals surface area contributed by atoms with Gasteiger partial charge < -0.3 is 9.47 Å². The van der Waals surface area contributed by atoms with Gasteiger partial charge in [-0.1, -0.05) is 74.9 Å². The lowest BCUT2D eigenvalue weighted by Gasteiger charge is -2.12. The Bertz CT molecular complexity index is 1140. The van der Waals surface area contributed by atoms with Gasteiger partial charge in [-0.25, -0.2) is 4.39 Å². The van der Waals surface area contributed by atoms with E-state index in [0.29, 0.717) is 11.8 Å². The van der Waals surface area contributed by atoms with Crippen molar-refractivity contribution in [1.82, 2.24) is 4.98 Å². The molecular formula is C32H37F2NO2. The lowest BCUT2D eigenvalue weighted by atomic mass is 10.0. The van der Waals surface area contributed by atoms with E-state index in [-0.39, 0.29) is 17.9 Å². The van der Waals surface area contributed by atoms with Gasteiger partial charge in [0.25, 0.3) is 0 Å². The zero-order valence-corrected chi connectivity index (χ0v) is 21.9. The molecule has 0 amide bonds. The van der Waals surface area contributed by atoms with Crippen molar-refractivity contribution < 1.29 is 18.3 Å². The molecule has 0 aliphatic rings. The van der Waals surface area contributed by atoms with E-state index in [1.54, 1.807) is 12.3 Å². The van der Waals surface area contributed by atoms with Crippen LogP contribution in [-0.2, 0) is 4.74 Å². The van der Waals surface area contributed by atoms with Crippen LogP contribution < -0.4 is 4.74 Å². The first-order valence-corrected chi connectivity index (χ1v) is 13.1. The Morgan fingerprint density at radius 3 is 2.43 bits per heavy atom. The normalized spacial score (nSPS) is 12.1. The second kappa shape index (κ2) is 15.1. The van der Waals surface area contributed by atoms with Crippen molar-refractivity contribution in [3.05, 3.63) is 90.7 Å². The van der Waals surface area contributed by atoms with E-state index in [0.717, 1.165) is 49.0 Å². The standard InChI is InChI=1S/C32H37F2NO2/c1-4-6-10-22-36-24(3)11-8-7-9-12-25-13-15-26(16-14-25)27-17-19-29(35-23-27)28-18-20-30(37-21-5-2)32(34)31(28)33/h5,9,12-20,23-24H,2,4,6-8,10-11,21-22H2,1,3H3/b12-9+. The summed E-state index contributed by atoms with van der Waals surface area (Å²) in [7, 11) is 0. The molecule has 3 rings (SSSR count). The van der Waals surface area contributed by atoms with Crippen molar-refractivity contribution in [2.45, 2.75) is 58.5 Å². The van der Waals surface area contributed by atoms with E-state index in [2.05, 4.69) is 49.7 Å². The number of ether oxygens (including phenoxy) is 2. The van der Waals surface area contributed by atoms with Crippen molar-refractivity contribution in [3.63, 3.8) is 0 Å². The van der Waals surface area contributed by atoms with Gasteiger partial charge >= 0.3 is 0 Å². The van der Waals surface area contributed by atoms with E-state index >= 15 is 0 Å². The van der Waals surface area contributed by atoms with Gasteiger partial charge in [-0.15, -0.1) is 0 Å². The van der Waals surface area contributed by atoms with Gasteiger partial charge in [-0.3, -0.25) is 4.98 Å². The Balaban J connectivity index is 1.52. The fourth-order valence-corrected chi connectivity index (χ4v) is 3.96. The first kappa shape index (κ1) is 28.3. The quantitative estimate of drug-likeness (QED) is 0.152. The van der Waals surface area contributed by atoms with Crippen molar-refractivity contribution >= 4 is 6.08 Å². The van der Waals surface area contributed by atoms with Gasteiger partial charge in [0.1, 0.15) is 6.61 Å². The Hall–Kier alpha value is -3.31. The summed E-state index contributed by atoms with van der Waals surface area (Å²) in [5, 5.41) is 0. The predicted octanol–water partition coefficient (Wildman–Crippen LogP) is 9.04. The number of hydrogen-bond acceptors (Lipinski definition) is 3. The molecule has 0 saturated carbocycles. The summed E-state index contributed by atoms with van der Waals surface area (Å²) in [4.78, 5) is 4.37. The Morgan fingerprint density at radius 2 is 1.73 bits per heavy atom. The molecule has 0 radical (unpaired) electrons. The molecule has 1 atom stereocenters. The molecule has 0 N–H and O–H groups in total. The second-order valence-corrected chi connectivity index (χ2v) is 9.11. The third kappa shape index (κ3) is 8.64. The third-order valence-electron chi connectivity index (χ3n) is 6.13. The minimum atomic E-state index is -1.03. The summed E-state index contributed by atoms with van der Waals surface area (Å²) in [5.41, 5.74) is 3.49. The molecule has 0 aliphatic carbocycles. The van der Waals surface area contributed by atoms with E-state index < -0.39 is 11.6 Å². The number of pyridine rings is 1. The average Bonchev–Trinajstić information content (AvgIpc) is 2.92. The fourth-order valence-electron chi connectivity index (χ4n) is 3.96. The summed E-state index contributed by atoms with van der Waals surface area (Å²) in [5.74, 6) is -2.15. The van der Waals surface area contributed by atoms with Gasteiger partial charge in [0.05, 0.1) is 11.8 Å². The molecule has 5 heteroatoms. The van der Waals surface area contributed by atoms with Crippen LogP contribution in [0.5, 0.6) is 5.75 Å². The molecule has 1 unspecified atom stereocenters. The lowest BCUT2D eigenvalue weighted by Crippen LogP contribution is -2.08. The Kier molecular flexibility index (Phi) is 11.5. The topological polar surface area (TPSA) is 31.4 Å². The van der Waals surface area contributed by atoms with E-state index in [1.807, 2.05) is 18.2 Å². The molecule has 0 spiro atoms. The van der Waals surface area contributed by atoms with Gasteiger partial charge in [0.2, 0.25) is 5.82 Å². The van der Waals surface area contributed by atoms with E-state index in [1.165, 1.54) is 31.1 Å². The lowest BCUT2D eigenvalue weighted by molar-refractivity contribution is 0.0566. The highest BCUT2D eigenvalue weighted by molar-refractivity contribution is 5.68. The molecule has 1 aromatic heterocycles. The van der Waals surface area contributed by atoms with Crippen LogP contribution in [-0.4, -0.2) is 24.3 Å². The van der Waals surface area contributed by atoms with Crippen LogP contribution in [0.25, 0.3) is 28.5 Å². The minimum Gasteiger partial charge on any atom is -0.486 e. The summed E-state index contributed by atoms with van der Waals surface area (Å²) in [6.45, 7) is 8.83. The highest BCUT2D eigenvalue weighted by Crippen LogP contribution is 2.30. The smallest absolute Gasteiger partial charge is 0.201 e. The van der Waals surface area contributed by atoms with Crippen molar-refractivity contribution in [3.8, 4) is 28.1 Å². The maximum Gasteiger partial charge on any atom is 0.201 e. The monoisotopic (exact) mass is 505 g/mol. The number of aromatic nitrogens is 1. The van der Waals surface area contributed by atoms with Crippen molar-refractivity contribution in [2.24, 2.45) is 0 Å².